The quantitative estimate of drug-likeness (QED) is 0.812. The van der Waals surface area contributed by atoms with Crippen LogP contribution in [0.25, 0.3) is 0 Å². The van der Waals surface area contributed by atoms with Crippen molar-refractivity contribution >= 4 is 18.4 Å². The molecule has 3 N–H and O–H groups in total. The van der Waals surface area contributed by atoms with Gasteiger partial charge in [-0.3, -0.25) is 4.79 Å². The Kier molecular flexibility index (Phi) is 6.61. The lowest BCUT2D eigenvalue weighted by atomic mass is 10.0. The normalized spacial score (nSPS) is 11.5. The molecule has 0 fully saturated rings. The molecule has 1 aromatic carbocycles. The lowest BCUT2D eigenvalue weighted by Crippen LogP contribution is -2.17. The van der Waals surface area contributed by atoms with Gasteiger partial charge in [-0.25, -0.2) is 0 Å². The zero-order valence-corrected chi connectivity index (χ0v) is 10.8. The average Bonchev–Trinajstić information content (AvgIpc) is 2.22. The molecule has 0 aromatic heterocycles. The van der Waals surface area contributed by atoms with Crippen molar-refractivity contribution in [3.63, 3.8) is 0 Å². The summed E-state index contributed by atoms with van der Waals surface area (Å²) in [6.07, 6.45) is 0.0743. The van der Waals surface area contributed by atoms with E-state index in [0.717, 1.165) is 5.56 Å². The van der Waals surface area contributed by atoms with Crippen LogP contribution in [0.15, 0.2) is 18.2 Å². The number of phenols is 1. The highest BCUT2D eigenvalue weighted by molar-refractivity contribution is 5.85. The molecule has 5 heteroatoms. The predicted octanol–water partition coefficient (Wildman–Crippen LogP) is 2.08. The van der Waals surface area contributed by atoms with Gasteiger partial charge in [0, 0.05) is 11.6 Å². The van der Waals surface area contributed by atoms with E-state index in [1.807, 2.05) is 0 Å². The lowest BCUT2D eigenvalue weighted by molar-refractivity contribution is -0.143. The van der Waals surface area contributed by atoms with Gasteiger partial charge < -0.3 is 15.6 Å². The van der Waals surface area contributed by atoms with Gasteiger partial charge in [0.05, 0.1) is 13.0 Å². The smallest absolute Gasteiger partial charge is 0.307 e. The molecule has 0 aliphatic rings. The van der Waals surface area contributed by atoms with Crippen LogP contribution in [0.2, 0.25) is 0 Å². The number of benzene rings is 1. The number of ether oxygens (including phenoxy) is 1. The van der Waals surface area contributed by atoms with Crippen molar-refractivity contribution < 1.29 is 14.6 Å². The molecule has 1 aromatic rings. The first kappa shape index (κ1) is 15.7. The second-order valence-corrected chi connectivity index (χ2v) is 3.63. The average molecular weight is 260 g/mol. The molecule has 1 atom stereocenters. The van der Waals surface area contributed by atoms with E-state index >= 15 is 0 Å². The Morgan fingerprint density at radius 1 is 1.53 bits per heavy atom. The molecule has 0 spiro atoms. The van der Waals surface area contributed by atoms with Crippen molar-refractivity contribution in [1.82, 2.24) is 0 Å². The van der Waals surface area contributed by atoms with Gasteiger partial charge >= 0.3 is 5.97 Å². The number of nitrogens with two attached hydrogens (primary N) is 1. The first-order valence-electron chi connectivity index (χ1n) is 5.26. The van der Waals surface area contributed by atoms with Crippen LogP contribution >= 0.6 is 12.4 Å². The van der Waals surface area contributed by atoms with Crippen LogP contribution < -0.4 is 5.73 Å². The van der Waals surface area contributed by atoms with Gasteiger partial charge in [-0.2, -0.15) is 0 Å². The summed E-state index contributed by atoms with van der Waals surface area (Å²) >= 11 is 0. The first-order chi connectivity index (χ1) is 7.56. The molecule has 0 unspecified atom stereocenters. The molecule has 17 heavy (non-hydrogen) atoms. The molecule has 1 rings (SSSR count). The minimum atomic E-state index is -0.529. The number of phenolic OH excluding ortho intramolecular Hbond substituents is 1. The Morgan fingerprint density at radius 2 is 2.18 bits per heavy atom. The van der Waals surface area contributed by atoms with Gasteiger partial charge in [-0.05, 0) is 19.4 Å². The third kappa shape index (κ3) is 4.24. The van der Waals surface area contributed by atoms with Crippen LogP contribution in [0.4, 0.5) is 0 Å². The molecule has 96 valence electrons. The van der Waals surface area contributed by atoms with E-state index in [1.54, 1.807) is 32.0 Å². The molecule has 0 aliphatic carbocycles. The molecule has 4 nitrogen and oxygen atoms in total. The topological polar surface area (TPSA) is 72.5 Å². The van der Waals surface area contributed by atoms with Gasteiger partial charge in [-0.15, -0.1) is 12.4 Å². The Bertz CT molecular complexity index is 382. The molecule has 0 amide bonds. The van der Waals surface area contributed by atoms with Gasteiger partial charge in [-0.1, -0.05) is 18.2 Å². The van der Waals surface area contributed by atoms with E-state index < -0.39 is 6.04 Å². The highest BCUT2D eigenvalue weighted by Gasteiger charge is 2.16. The van der Waals surface area contributed by atoms with Crippen molar-refractivity contribution in [1.29, 1.82) is 0 Å². The number of carbonyl (C=O) groups is 1. The highest BCUT2D eigenvalue weighted by atomic mass is 35.5. The minimum Gasteiger partial charge on any atom is -0.507 e. The van der Waals surface area contributed by atoms with E-state index in [9.17, 15) is 9.90 Å². The second kappa shape index (κ2) is 7.14. The molecule has 0 saturated heterocycles. The molecular weight excluding hydrogens is 242 g/mol. The molecule has 0 bridgehead atoms. The Labute approximate surface area is 107 Å². The number of para-hydroxylation sites is 1. The molecular formula is C12H18ClNO3. The zero-order valence-electron chi connectivity index (χ0n) is 9.97. The van der Waals surface area contributed by atoms with Crippen LogP contribution in [-0.4, -0.2) is 17.7 Å². The van der Waals surface area contributed by atoms with E-state index in [2.05, 4.69) is 0 Å². The number of hydrogen-bond donors (Lipinski definition) is 2. The number of rotatable bonds is 4. The number of esters is 1. The Balaban J connectivity index is 0.00000256. The van der Waals surface area contributed by atoms with Crippen LogP contribution in [0.5, 0.6) is 5.75 Å². The maximum Gasteiger partial charge on any atom is 0.307 e. The predicted molar refractivity (Wildman–Crippen MR) is 68.3 cm³/mol. The molecule has 0 heterocycles. The largest absolute Gasteiger partial charge is 0.507 e. The summed E-state index contributed by atoms with van der Waals surface area (Å²) in [5.74, 6) is -0.199. The number of halogens is 1. The molecule has 0 radical (unpaired) electrons. The highest BCUT2D eigenvalue weighted by Crippen LogP contribution is 2.27. The van der Waals surface area contributed by atoms with Crippen molar-refractivity contribution in [2.75, 3.05) is 6.61 Å². The SMILES string of the molecule is CCOC(=O)C[C@H](N)c1cccc(C)c1O.Cl. The summed E-state index contributed by atoms with van der Waals surface area (Å²) in [6.45, 7) is 3.87. The van der Waals surface area contributed by atoms with Gasteiger partial charge in [0.25, 0.3) is 0 Å². The zero-order chi connectivity index (χ0) is 12.1. The fraction of sp³-hybridized carbons (Fsp3) is 0.417. The summed E-state index contributed by atoms with van der Waals surface area (Å²) in [5, 5.41) is 9.78. The van der Waals surface area contributed by atoms with Gasteiger partial charge in [0.15, 0.2) is 0 Å². The monoisotopic (exact) mass is 259 g/mol. The standard InChI is InChI=1S/C12H17NO3.ClH/c1-3-16-11(14)7-10(13)9-6-4-5-8(2)12(9)15;/h4-6,10,15H,3,7,13H2,1-2H3;1H/t10-;/m0./s1. The van der Waals surface area contributed by atoms with Crippen LogP contribution in [0, 0.1) is 6.92 Å². The number of aromatic hydroxyl groups is 1. The fourth-order valence-corrected chi connectivity index (χ4v) is 1.49. The van der Waals surface area contributed by atoms with Crippen molar-refractivity contribution in [2.45, 2.75) is 26.3 Å². The van der Waals surface area contributed by atoms with Crippen LogP contribution in [0.1, 0.15) is 30.5 Å². The van der Waals surface area contributed by atoms with Crippen LogP contribution in [-0.2, 0) is 9.53 Å². The molecule has 0 aliphatic heterocycles. The van der Waals surface area contributed by atoms with Gasteiger partial charge in [0.1, 0.15) is 5.75 Å². The van der Waals surface area contributed by atoms with E-state index in [0.29, 0.717) is 12.2 Å². The van der Waals surface area contributed by atoms with E-state index in [-0.39, 0.29) is 30.5 Å². The maximum atomic E-state index is 11.2. The third-order valence-electron chi connectivity index (χ3n) is 2.36. The number of aryl methyl sites for hydroxylation is 1. The number of hydrogen-bond acceptors (Lipinski definition) is 4. The summed E-state index contributed by atoms with van der Waals surface area (Å²) in [4.78, 5) is 11.2. The Hall–Kier alpha value is -1.26. The van der Waals surface area contributed by atoms with Crippen molar-refractivity contribution in [3.8, 4) is 5.75 Å². The Morgan fingerprint density at radius 3 is 2.76 bits per heavy atom. The summed E-state index contributed by atoms with van der Waals surface area (Å²) in [6, 6.07) is 4.77. The van der Waals surface area contributed by atoms with Crippen LogP contribution in [0.3, 0.4) is 0 Å². The lowest BCUT2D eigenvalue weighted by Gasteiger charge is -2.14. The first-order valence-corrected chi connectivity index (χ1v) is 5.26. The third-order valence-corrected chi connectivity index (χ3v) is 2.36. The van der Waals surface area contributed by atoms with E-state index in [1.165, 1.54) is 0 Å². The molecule has 0 saturated carbocycles. The number of carbonyl (C=O) groups excluding carboxylic acids is 1. The maximum absolute atomic E-state index is 11.2. The van der Waals surface area contributed by atoms with Gasteiger partial charge in [0.2, 0.25) is 0 Å². The van der Waals surface area contributed by atoms with E-state index in [4.69, 9.17) is 10.5 Å². The second-order valence-electron chi connectivity index (χ2n) is 3.63. The summed E-state index contributed by atoms with van der Waals surface area (Å²) < 4.78 is 4.80. The minimum absolute atomic E-state index is 0. The van der Waals surface area contributed by atoms with Crippen molar-refractivity contribution in [3.05, 3.63) is 29.3 Å². The van der Waals surface area contributed by atoms with Crippen molar-refractivity contribution in [2.24, 2.45) is 5.73 Å². The summed E-state index contributed by atoms with van der Waals surface area (Å²) in [7, 11) is 0. The fourth-order valence-electron chi connectivity index (χ4n) is 1.49. The summed E-state index contributed by atoms with van der Waals surface area (Å²) in [5.41, 5.74) is 7.16.